The molecule has 0 aliphatic rings. The maximum absolute atomic E-state index is 13.4. The van der Waals surface area contributed by atoms with Crippen molar-refractivity contribution in [2.45, 2.75) is 37.8 Å². The van der Waals surface area contributed by atoms with E-state index in [0.717, 1.165) is 28.6 Å². The third-order valence-corrected chi connectivity index (χ3v) is 6.42. The van der Waals surface area contributed by atoms with Gasteiger partial charge in [0.1, 0.15) is 5.75 Å². The number of benzene rings is 3. The number of anilines is 1. The van der Waals surface area contributed by atoms with Crippen LogP contribution in [0.2, 0.25) is 0 Å². The van der Waals surface area contributed by atoms with Gasteiger partial charge < -0.3 is 10.1 Å². The lowest BCUT2D eigenvalue weighted by Gasteiger charge is -2.17. The predicted molar refractivity (Wildman–Crippen MR) is 134 cm³/mol. The van der Waals surface area contributed by atoms with E-state index in [9.17, 15) is 18.4 Å². The average Bonchev–Trinajstić information content (AvgIpc) is 2.82. The third-order valence-electron chi connectivity index (χ3n) is 5.37. The van der Waals surface area contributed by atoms with Gasteiger partial charge in [-0.3, -0.25) is 14.2 Å². The van der Waals surface area contributed by atoms with Crippen LogP contribution in [0.5, 0.6) is 5.75 Å². The lowest BCUT2D eigenvalue weighted by atomic mass is 10.1. The van der Waals surface area contributed by atoms with Gasteiger partial charge in [-0.25, -0.2) is 4.98 Å². The number of nitrogens with one attached hydrogen (secondary N) is 1. The first-order chi connectivity index (χ1) is 16.7. The van der Waals surface area contributed by atoms with Crippen LogP contribution >= 0.6 is 11.8 Å². The largest absolute Gasteiger partial charge is 0.435 e. The fourth-order valence-corrected chi connectivity index (χ4v) is 4.44. The van der Waals surface area contributed by atoms with Crippen LogP contribution in [-0.2, 0) is 4.79 Å². The summed E-state index contributed by atoms with van der Waals surface area (Å²) in [6.45, 7) is 2.64. The molecule has 0 radical (unpaired) electrons. The summed E-state index contributed by atoms with van der Waals surface area (Å²) in [5.74, 6) is -0.264. The molecule has 4 aromatic rings. The second kappa shape index (κ2) is 10.3. The SMILES string of the molecule is Cc1ccc(C)c(NC(=O)C(C)Sc2nc3ccccc3c(=O)n2-c2ccc(OC(F)F)cc2)c1. The number of hydrogen-bond acceptors (Lipinski definition) is 5. The van der Waals surface area contributed by atoms with Gasteiger partial charge in [-0.05, 0) is 74.4 Å². The maximum atomic E-state index is 13.4. The van der Waals surface area contributed by atoms with Crippen molar-refractivity contribution in [3.63, 3.8) is 0 Å². The number of aromatic nitrogens is 2. The highest BCUT2D eigenvalue weighted by Crippen LogP contribution is 2.27. The number of alkyl halides is 2. The molecule has 0 saturated heterocycles. The number of fused-ring (bicyclic) bond motifs is 1. The zero-order valence-electron chi connectivity index (χ0n) is 19.3. The third kappa shape index (κ3) is 5.51. The van der Waals surface area contributed by atoms with Gasteiger partial charge in [0.2, 0.25) is 5.91 Å². The van der Waals surface area contributed by atoms with Gasteiger partial charge in [-0.2, -0.15) is 8.78 Å². The van der Waals surface area contributed by atoms with E-state index in [4.69, 9.17) is 0 Å². The van der Waals surface area contributed by atoms with Crippen LogP contribution in [0.25, 0.3) is 16.6 Å². The van der Waals surface area contributed by atoms with Gasteiger partial charge in [0.05, 0.1) is 21.8 Å². The molecule has 35 heavy (non-hydrogen) atoms. The number of halogens is 2. The normalized spacial score (nSPS) is 12.1. The summed E-state index contributed by atoms with van der Waals surface area (Å²) in [5.41, 5.74) is 3.27. The molecule has 0 bridgehead atoms. The van der Waals surface area contributed by atoms with Crippen LogP contribution in [0.15, 0.2) is 76.7 Å². The summed E-state index contributed by atoms with van der Waals surface area (Å²) >= 11 is 1.13. The minimum atomic E-state index is -2.95. The first-order valence-corrected chi connectivity index (χ1v) is 11.7. The van der Waals surface area contributed by atoms with E-state index in [0.29, 0.717) is 21.7 Å². The van der Waals surface area contributed by atoms with Crippen molar-refractivity contribution in [1.82, 2.24) is 9.55 Å². The van der Waals surface area contributed by atoms with Crippen molar-refractivity contribution >= 4 is 34.3 Å². The molecule has 0 saturated carbocycles. The Labute approximate surface area is 205 Å². The predicted octanol–water partition coefficient (Wildman–Crippen LogP) is 5.72. The number of ether oxygens (including phenoxy) is 1. The van der Waals surface area contributed by atoms with E-state index < -0.39 is 11.9 Å². The molecule has 180 valence electrons. The summed E-state index contributed by atoms with van der Waals surface area (Å²) in [5, 5.41) is 3.06. The quantitative estimate of drug-likeness (QED) is 0.262. The fourth-order valence-electron chi connectivity index (χ4n) is 3.51. The average molecular weight is 496 g/mol. The number of para-hydroxylation sites is 1. The van der Waals surface area contributed by atoms with Gasteiger partial charge >= 0.3 is 6.61 Å². The number of hydrogen-bond donors (Lipinski definition) is 1. The summed E-state index contributed by atoms with van der Waals surface area (Å²) in [6, 6.07) is 18.4. The van der Waals surface area contributed by atoms with Gasteiger partial charge in [0, 0.05) is 5.69 Å². The molecule has 0 aliphatic carbocycles. The molecule has 6 nitrogen and oxygen atoms in total. The van der Waals surface area contributed by atoms with Crippen molar-refractivity contribution in [1.29, 1.82) is 0 Å². The highest BCUT2D eigenvalue weighted by atomic mass is 32.2. The molecule has 9 heteroatoms. The second-order valence-corrected chi connectivity index (χ2v) is 9.30. The molecule has 0 spiro atoms. The van der Waals surface area contributed by atoms with Gasteiger partial charge in [-0.1, -0.05) is 36.0 Å². The second-order valence-electron chi connectivity index (χ2n) is 7.99. The Morgan fingerprint density at radius 3 is 2.49 bits per heavy atom. The molecule has 1 atom stereocenters. The van der Waals surface area contributed by atoms with E-state index in [1.54, 1.807) is 31.2 Å². The van der Waals surface area contributed by atoms with Crippen LogP contribution in [-0.4, -0.2) is 27.3 Å². The Kier molecular flexibility index (Phi) is 7.16. The van der Waals surface area contributed by atoms with Crippen LogP contribution < -0.4 is 15.6 Å². The molecule has 0 aliphatic heterocycles. The summed E-state index contributed by atoms with van der Waals surface area (Å²) in [6.07, 6.45) is 0. The van der Waals surface area contributed by atoms with E-state index in [1.165, 1.54) is 28.8 Å². The highest BCUT2D eigenvalue weighted by molar-refractivity contribution is 8.00. The number of rotatable bonds is 7. The first kappa shape index (κ1) is 24.4. The van der Waals surface area contributed by atoms with E-state index >= 15 is 0 Å². The Morgan fingerprint density at radius 1 is 1.06 bits per heavy atom. The molecular formula is C26H23F2N3O3S. The summed E-state index contributed by atoms with van der Waals surface area (Å²) < 4.78 is 30.9. The molecule has 1 unspecified atom stereocenters. The van der Waals surface area contributed by atoms with E-state index in [-0.39, 0.29) is 17.2 Å². The van der Waals surface area contributed by atoms with Crippen LogP contribution in [0.3, 0.4) is 0 Å². The lowest BCUT2D eigenvalue weighted by Crippen LogP contribution is -2.26. The Bertz CT molecular complexity index is 1440. The number of carbonyl (C=O) groups excluding carboxylic acids is 1. The Hall–Kier alpha value is -3.72. The van der Waals surface area contributed by atoms with Crippen molar-refractivity contribution < 1.29 is 18.3 Å². The van der Waals surface area contributed by atoms with Crippen molar-refractivity contribution in [3.05, 3.63) is 88.2 Å². The Balaban J connectivity index is 1.70. The molecule has 0 fully saturated rings. The lowest BCUT2D eigenvalue weighted by molar-refractivity contribution is -0.115. The zero-order chi connectivity index (χ0) is 25.1. The van der Waals surface area contributed by atoms with E-state index in [2.05, 4.69) is 15.0 Å². The molecule has 4 rings (SSSR count). The smallest absolute Gasteiger partial charge is 0.387 e. The monoisotopic (exact) mass is 495 g/mol. The van der Waals surface area contributed by atoms with Gasteiger partial charge in [0.25, 0.3) is 5.56 Å². The van der Waals surface area contributed by atoms with Crippen molar-refractivity contribution in [3.8, 4) is 11.4 Å². The summed E-state index contributed by atoms with van der Waals surface area (Å²) in [7, 11) is 0. The standard InChI is InChI=1S/C26H23F2N3O3S/c1-15-8-9-16(2)22(14-15)29-23(32)17(3)35-26-30-21-7-5-4-6-20(21)24(33)31(26)18-10-12-19(13-11-18)34-25(27)28/h4-14,17,25H,1-3H3,(H,29,32). The van der Waals surface area contributed by atoms with Gasteiger partial charge in [0.15, 0.2) is 5.16 Å². The molecule has 1 N–H and O–H groups in total. The molecule has 3 aromatic carbocycles. The van der Waals surface area contributed by atoms with Crippen molar-refractivity contribution in [2.75, 3.05) is 5.32 Å². The number of aryl methyl sites for hydroxylation is 2. The zero-order valence-corrected chi connectivity index (χ0v) is 20.1. The number of carbonyl (C=O) groups is 1. The van der Waals surface area contributed by atoms with Gasteiger partial charge in [-0.15, -0.1) is 0 Å². The maximum Gasteiger partial charge on any atom is 0.387 e. The topological polar surface area (TPSA) is 73.2 Å². The minimum absolute atomic E-state index is 0.0268. The van der Waals surface area contributed by atoms with Crippen LogP contribution in [0.4, 0.5) is 14.5 Å². The van der Waals surface area contributed by atoms with Crippen LogP contribution in [0.1, 0.15) is 18.1 Å². The minimum Gasteiger partial charge on any atom is -0.435 e. The first-order valence-electron chi connectivity index (χ1n) is 10.8. The molecule has 1 amide bonds. The summed E-state index contributed by atoms with van der Waals surface area (Å²) in [4.78, 5) is 31.0. The number of nitrogens with zero attached hydrogens (tertiary/aromatic N) is 2. The van der Waals surface area contributed by atoms with E-state index in [1.807, 2.05) is 32.0 Å². The number of thioether (sulfide) groups is 1. The highest BCUT2D eigenvalue weighted by Gasteiger charge is 2.21. The molecule has 1 heterocycles. The van der Waals surface area contributed by atoms with Crippen LogP contribution in [0, 0.1) is 13.8 Å². The Morgan fingerprint density at radius 2 is 1.77 bits per heavy atom. The number of amides is 1. The molecular weight excluding hydrogens is 472 g/mol. The fraction of sp³-hybridized carbons (Fsp3) is 0.192. The van der Waals surface area contributed by atoms with Crippen molar-refractivity contribution in [2.24, 2.45) is 0 Å². The molecule has 1 aromatic heterocycles.